The van der Waals surface area contributed by atoms with Crippen molar-refractivity contribution in [3.63, 3.8) is 0 Å². The maximum absolute atomic E-state index is 10.7. The number of rotatable bonds is 3. The highest BCUT2D eigenvalue weighted by Gasteiger charge is 2.48. The van der Waals surface area contributed by atoms with Crippen LogP contribution >= 0.6 is 11.8 Å². The van der Waals surface area contributed by atoms with Crippen LogP contribution in [0.4, 0.5) is 0 Å². The number of thioether (sulfide) groups is 1. The van der Waals surface area contributed by atoms with Gasteiger partial charge in [0.2, 0.25) is 0 Å². The van der Waals surface area contributed by atoms with Gasteiger partial charge < -0.3 is 10.4 Å². The minimum Gasteiger partial charge on any atom is -0.387 e. The molecule has 0 spiro atoms. The predicted molar refractivity (Wildman–Crippen MR) is 63.8 cm³/mol. The lowest BCUT2D eigenvalue weighted by Gasteiger charge is -2.49. The van der Waals surface area contributed by atoms with Crippen LogP contribution in [0.15, 0.2) is 0 Å². The third-order valence-corrected chi connectivity index (χ3v) is 4.73. The average Bonchev–Trinajstić information content (AvgIpc) is 2.10. The second kappa shape index (κ2) is 4.42. The molecule has 0 bridgehead atoms. The van der Waals surface area contributed by atoms with E-state index in [1.54, 1.807) is 0 Å². The van der Waals surface area contributed by atoms with Crippen LogP contribution in [0.3, 0.4) is 0 Å². The summed E-state index contributed by atoms with van der Waals surface area (Å²) in [7, 11) is 0. The Morgan fingerprint density at radius 1 is 1.50 bits per heavy atom. The number of aliphatic hydroxyl groups is 1. The average molecular weight is 217 g/mol. The molecule has 2 atom stereocenters. The van der Waals surface area contributed by atoms with Crippen LogP contribution in [0.2, 0.25) is 0 Å². The number of hydrogen-bond donors (Lipinski definition) is 2. The fraction of sp³-hybridized carbons (Fsp3) is 1.00. The molecule has 84 valence electrons. The lowest BCUT2D eigenvalue weighted by molar-refractivity contribution is -0.0756. The van der Waals surface area contributed by atoms with Crippen molar-refractivity contribution in [3.8, 4) is 0 Å². The number of hydrogen-bond acceptors (Lipinski definition) is 3. The molecule has 0 radical (unpaired) electrons. The van der Waals surface area contributed by atoms with Crippen LogP contribution in [0.1, 0.15) is 34.1 Å². The van der Waals surface area contributed by atoms with Gasteiger partial charge in [-0.1, -0.05) is 20.8 Å². The van der Waals surface area contributed by atoms with Gasteiger partial charge in [0.25, 0.3) is 0 Å². The molecule has 1 rings (SSSR count). The second-order valence-electron chi connectivity index (χ2n) is 4.89. The number of likely N-dealkylation sites (N-methyl/N-ethyl adjacent to an activating group) is 1. The van der Waals surface area contributed by atoms with Gasteiger partial charge in [0.15, 0.2) is 0 Å². The van der Waals surface area contributed by atoms with Crippen LogP contribution in [0, 0.1) is 5.41 Å². The Labute approximate surface area is 91.9 Å². The topological polar surface area (TPSA) is 32.3 Å². The van der Waals surface area contributed by atoms with Gasteiger partial charge in [-0.2, -0.15) is 11.8 Å². The van der Waals surface area contributed by atoms with E-state index >= 15 is 0 Å². The highest BCUT2D eigenvalue weighted by atomic mass is 32.2. The fourth-order valence-electron chi connectivity index (χ4n) is 2.15. The molecule has 0 aromatic heterocycles. The van der Waals surface area contributed by atoms with Gasteiger partial charge >= 0.3 is 0 Å². The zero-order valence-corrected chi connectivity index (χ0v) is 10.6. The monoisotopic (exact) mass is 217 g/mol. The van der Waals surface area contributed by atoms with Crippen molar-refractivity contribution < 1.29 is 5.11 Å². The highest BCUT2D eigenvalue weighted by Crippen LogP contribution is 2.44. The third-order valence-electron chi connectivity index (χ3n) is 3.59. The fourth-order valence-corrected chi connectivity index (χ4v) is 3.90. The van der Waals surface area contributed by atoms with Crippen LogP contribution in [-0.2, 0) is 0 Å². The summed E-state index contributed by atoms with van der Waals surface area (Å²) in [5.41, 5.74) is -0.536. The second-order valence-corrected chi connectivity index (χ2v) is 6.00. The van der Waals surface area contributed by atoms with Crippen molar-refractivity contribution in [2.75, 3.05) is 18.1 Å². The van der Waals surface area contributed by atoms with E-state index in [0.717, 1.165) is 18.7 Å². The van der Waals surface area contributed by atoms with Crippen LogP contribution in [-0.4, -0.2) is 34.8 Å². The van der Waals surface area contributed by atoms with Gasteiger partial charge in [0.1, 0.15) is 0 Å². The van der Waals surface area contributed by atoms with Crippen LogP contribution in [0.5, 0.6) is 0 Å². The Bertz CT molecular complexity index is 196. The van der Waals surface area contributed by atoms with E-state index in [2.05, 4.69) is 33.0 Å². The van der Waals surface area contributed by atoms with Crippen LogP contribution in [0.25, 0.3) is 0 Å². The summed E-state index contributed by atoms with van der Waals surface area (Å²) >= 11 is 1.87. The van der Waals surface area contributed by atoms with Crippen molar-refractivity contribution in [2.45, 2.75) is 45.8 Å². The molecule has 14 heavy (non-hydrogen) atoms. The molecule has 2 nitrogen and oxygen atoms in total. The molecule has 0 saturated carbocycles. The first-order chi connectivity index (χ1) is 6.44. The summed E-state index contributed by atoms with van der Waals surface area (Å²) < 4.78 is 0. The maximum Gasteiger partial charge on any atom is 0.0937 e. The maximum atomic E-state index is 10.7. The molecule has 1 heterocycles. The molecule has 0 amide bonds. The van der Waals surface area contributed by atoms with Gasteiger partial charge in [-0.25, -0.2) is 0 Å². The summed E-state index contributed by atoms with van der Waals surface area (Å²) in [6, 6.07) is 0.176. The molecule has 0 aromatic carbocycles. The quantitative estimate of drug-likeness (QED) is 0.757. The molecule has 0 aliphatic carbocycles. The molecule has 2 N–H and O–H groups in total. The van der Waals surface area contributed by atoms with Crippen molar-refractivity contribution in [1.29, 1.82) is 0 Å². The van der Waals surface area contributed by atoms with Gasteiger partial charge in [-0.05, 0) is 31.1 Å². The SMILES string of the molecule is CCNC(C)C1(O)CSCCC1(C)C. The molecule has 1 saturated heterocycles. The van der Waals surface area contributed by atoms with Gasteiger partial charge in [0.05, 0.1) is 5.60 Å². The van der Waals surface area contributed by atoms with Crippen molar-refractivity contribution in [2.24, 2.45) is 5.41 Å². The lowest BCUT2D eigenvalue weighted by Crippen LogP contribution is -2.61. The van der Waals surface area contributed by atoms with Gasteiger partial charge in [0, 0.05) is 11.8 Å². The summed E-state index contributed by atoms with van der Waals surface area (Å²) in [6.45, 7) is 9.46. The summed E-state index contributed by atoms with van der Waals surface area (Å²) in [5, 5.41) is 14.1. The highest BCUT2D eigenvalue weighted by molar-refractivity contribution is 7.99. The minimum absolute atomic E-state index is 0.0276. The Balaban J connectivity index is 2.77. The standard InChI is InChI=1S/C11H23NOS/c1-5-12-9(2)11(13)8-14-7-6-10(11,3)4/h9,12-13H,5-8H2,1-4H3. The molecule has 1 aliphatic rings. The molecule has 1 fully saturated rings. The van der Waals surface area contributed by atoms with Crippen molar-refractivity contribution in [3.05, 3.63) is 0 Å². The third kappa shape index (κ3) is 2.10. The van der Waals surface area contributed by atoms with Gasteiger partial charge in [-0.3, -0.25) is 0 Å². The number of nitrogens with one attached hydrogen (secondary N) is 1. The largest absolute Gasteiger partial charge is 0.387 e. The predicted octanol–water partition coefficient (Wildman–Crippen LogP) is 1.88. The van der Waals surface area contributed by atoms with E-state index in [1.165, 1.54) is 5.75 Å². The van der Waals surface area contributed by atoms with Crippen molar-refractivity contribution >= 4 is 11.8 Å². The van der Waals surface area contributed by atoms with Crippen molar-refractivity contribution in [1.82, 2.24) is 5.32 Å². The smallest absolute Gasteiger partial charge is 0.0937 e. The van der Waals surface area contributed by atoms with E-state index in [9.17, 15) is 5.11 Å². The van der Waals surface area contributed by atoms with Gasteiger partial charge in [-0.15, -0.1) is 0 Å². The molecule has 3 heteroatoms. The van der Waals surface area contributed by atoms with E-state index in [4.69, 9.17) is 0 Å². The summed E-state index contributed by atoms with van der Waals surface area (Å²) in [5.74, 6) is 2.03. The molecule has 0 aromatic rings. The Morgan fingerprint density at radius 2 is 2.14 bits per heavy atom. The zero-order valence-electron chi connectivity index (χ0n) is 9.76. The summed E-state index contributed by atoms with van der Waals surface area (Å²) in [6.07, 6.45) is 1.10. The molecule has 2 unspecified atom stereocenters. The first kappa shape index (κ1) is 12.3. The molecule has 1 aliphatic heterocycles. The summed E-state index contributed by atoms with van der Waals surface area (Å²) in [4.78, 5) is 0. The molecular formula is C11H23NOS. The first-order valence-corrected chi connectivity index (χ1v) is 6.63. The Hall–Kier alpha value is 0.270. The molecular weight excluding hydrogens is 194 g/mol. The van der Waals surface area contributed by atoms with Crippen LogP contribution < -0.4 is 5.32 Å². The lowest BCUT2D eigenvalue weighted by atomic mass is 9.70. The van der Waals surface area contributed by atoms with E-state index in [1.807, 2.05) is 11.8 Å². The zero-order chi connectivity index (χ0) is 10.8. The van der Waals surface area contributed by atoms with E-state index < -0.39 is 5.60 Å². The minimum atomic E-state index is -0.564. The normalized spacial score (nSPS) is 34.1. The van der Waals surface area contributed by atoms with E-state index in [-0.39, 0.29) is 11.5 Å². The van der Waals surface area contributed by atoms with E-state index in [0.29, 0.717) is 0 Å². The Morgan fingerprint density at radius 3 is 2.64 bits per heavy atom. The Kier molecular flexibility index (Phi) is 3.89. The first-order valence-electron chi connectivity index (χ1n) is 5.47.